The van der Waals surface area contributed by atoms with Crippen molar-refractivity contribution in [1.29, 1.82) is 0 Å². The van der Waals surface area contributed by atoms with Crippen molar-refractivity contribution in [3.8, 4) is 5.88 Å². The van der Waals surface area contributed by atoms with Gasteiger partial charge in [0.05, 0.1) is 19.8 Å². The van der Waals surface area contributed by atoms with E-state index in [1.54, 1.807) is 6.07 Å². The normalized spacial score (nSPS) is 20.0. The molecule has 4 nitrogen and oxygen atoms in total. The number of aliphatic hydroxyl groups excluding tert-OH is 1. The Labute approximate surface area is 95.2 Å². The molecule has 2 heterocycles. The summed E-state index contributed by atoms with van der Waals surface area (Å²) in [5.41, 5.74) is 1.70. The second kappa shape index (κ2) is 5.27. The summed E-state index contributed by atoms with van der Waals surface area (Å²) >= 11 is 0. The van der Waals surface area contributed by atoms with Crippen molar-refractivity contribution in [2.45, 2.75) is 20.0 Å². The van der Waals surface area contributed by atoms with Gasteiger partial charge in [0.1, 0.15) is 0 Å². The van der Waals surface area contributed by atoms with E-state index in [2.05, 4.69) is 4.98 Å². The minimum Gasteiger partial charge on any atom is -0.477 e. The minimum atomic E-state index is 0.0201. The topological polar surface area (TPSA) is 51.6 Å². The summed E-state index contributed by atoms with van der Waals surface area (Å²) in [7, 11) is 0. The highest BCUT2D eigenvalue weighted by Crippen LogP contribution is 2.16. The van der Waals surface area contributed by atoms with Gasteiger partial charge < -0.3 is 14.6 Å². The SMILES string of the molecule is Cc1cc(CO)cc(OCC2CCOC2)n1. The highest BCUT2D eigenvalue weighted by Gasteiger charge is 2.16. The molecule has 1 aromatic rings. The van der Waals surface area contributed by atoms with Gasteiger partial charge >= 0.3 is 0 Å². The Morgan fingerprint density at radius 1 is 1.56 bits per heavy atom. The molecule has 1 saturated heterocycles. The number of hydrogen-bond acceptors (Lipinski definition) is 4. The van der Waals surface area contributed by atoms with E-state index in [-0.39, 0.29) is 6.61 Å². The summed E-state index contributed by atoms with van der Waals surface area (Å²) < 4.78 is 10.9. The molecule has 0 radical (unpaired) electrons. The quantitative estimate of drug-likeness (QED) is 0.835. The molecule has 1 aliphatic rings. The lowest BCUT2D eigenvalue weighted by Crippen LogP contribution is -2.12. The smallest absolute Gasteiger partial charge is 0.213 e. The predicted molar refractivity (Wildman–Crippen MR) is 59.3 cm³/mol. The molecular formula is C12H17NO3. The Balaban J connectivity index is 1.94. The second-order valence-electron chi connectivity index (χ2n) is 4.15. The van der Waals surface area contributed by atoms with Gasteiger partial charge in [-0.15, -0.1) is 0 Å². The van der Waals surface area contributed by atoms with Crippen molar-refractivity contribution in [3.05, 3.63) is 23.4 Å². The third-order valence-corrected chi connectivity index (χ3v) is 2.66. The molecule has 88 valence electrons. The maximum Gasteiger partial charge on any atom is 0.213 e. The Bertz CT molecular complexity index is 348. The van der Waals surface area contributed by atoms with Crippen LogP contribution in [-0.4, -0.2) is 29.9 Å². The molecule has 0 spiro atoms. The largest absolute Gasteiger partial charge is 0.477 e. The summed E-state index contributed by atoms with van der Waals surface area (Å²) in [6, 6.07) is 3.63. The van der Waals surface area contributed by atoms with E-state index in [0.717, 1.165) is 30.9 Å². The van der Waals surface area contributed by atoms with E-state index in [0.29, 0.717) is 18.4 Å². The van der Waals surface area contributed by atoms with Crippen molar-refractivity contribution in [3.63, 3.8) is 0 Å². The molecule has 1 unspecified atom stereocenters. The number of ether oxygens (including phenoxy) is 2. The van der Waals surface area contributed by atoms with Gasteiger partial charge in [0.25, 0.3) is 0 Å². The number of nitrogens with zero attached hydrogens (tertiary/aromatic N) is 1. The van der Waals surface area contributed by atoms with Gasteiger partial charge in [0.2, 0.25) is 5.88 Å². The van der Waals surface area contributed by atoms with E-state index in [9.17, 15) is 0 Å². The van der Waals surface area contributed by atoms with Crippen molar-refractivity contribution in [1.82, 2.24) is 4.98 Å². The van der Waals surface area contributed by atoms with Crippen molar-refractivity contribution >= 4 is 0 Å². The van der Waals surface area contributed by atoms with Gasteiger partial charge in [0, 0.05) is 24.3 Å². The molecule has 1 aliphatic heterocycles. The average Bonchev–Trinajstić information content (AvgIpc) is 2.78. The molecule has 1 fully saturated rings. The number of hydrogen-bond donors (Lipinski definition) is 1. The van der Waals surface area contributed by atoms with Gasteiger partial charge in [-0.25, -0.2) is 4.98 Å². The van der Waals surface area contributed by atoms with Gasteiger partial charge in [0.15, 0.2) is 0 Å². The summed E-state index contributed by atoms with van der Waals surface area (Å²) in [6.45, 7) is 4.16. The van der Waals surface area contributed by atoms with Gasteiger partial charge in [-0.1, -0.05) is 0 Å². The first-order valence-electron chi connectivity index (χ1n) is 5.57. The Kier molecular flexibility index (Phi) is 3.74. The highest BCUT2D eigenvalue weighted by molar-refractivity contribution is 5.23. The Hall–Kier alpha value is -1.13. The molecule has 0 aromatic carbocycles. The van der Waals surface area contributed by atoms with Crippen LogP contribution >= 0.6 is 0 Å². The third-order valence-electron chi connectivity index (χ3n) is 2.66. The summed E-state index contributed by atoms with van der Waals surface area (Å²) in [5, 5.41) is 9.06. The Morgan fingerprint density at radius 2 is 2.44 bits per heavy atom. The number of pyridine rings is 1. The first-order chi connectivity index (χ1) is 7.78. The first kappa shape index (κ1) is 11.4. The fourth-order valence-electron chi connectivity index (χ4n) is 1.79. The highest BCUT2D eigenvalue weighted by atomic mass is 16.5. The molecule has 0 bridgehead atoms. The second-order valence-corrected chi connectivity index (χ2v) is 4.15. The van der Waals surface area contributed by atoms with Crippen LogP contribution in [-0.2, 0) is 11.3 Å². The fraction of sp³-hybridized carbons (Fsp3) is 0.583. The zero-order valence-corrected chi connectivity index (χ0v) is 9.48. The van der Waals surface area contributed by atoms with Crippen LogP contribution in [0, 0.1) is 12.8 Å². The Morgan fingerprint density at radius 3 is 3.12 bits per heavy atom. The van der Waals surface area contributed by atoms with Crippen LogP contribution in [0.3, 0.4) is 0 Å². The summed E-state index contributed by atoms with van der Waals surface area (Å²) in [4.78, 5) is 4.27. The predicted octanol–water partition coefficient (Wildman–Crippen LogP) is 1.30. The number of aromatic nitrogens is 1. The van der Waals surface area contributed by atoms with Crippen LogP contribution in [0.15, 0.2) is 12.1 Å². The summed E-state index contributed by atoms with van der Waals surface area (Å²) in [5.74, 6) is 1.07. The molecule has 1 atom stereocenters. The lowest BCUT2D eigenvalue weighted by molar-refractivity contribution is 0.165. The van der Waals surface area contributed by atoms with Crippen LogP contribution < -0.4 is 4.74 Å². The van der Waals surface area contributed by atoms with Crippen LogP contribution in [0.5, 0.6) is 5.88 Å². The van der Waals surface area contributed by atoms with Crippen LogP contribution in [0.4, 0.5) is 0 Å². The van der Waals surface area contributed by atoms with E-state index in [4.69, 9.17) is 14.6 Å². The summed E-state index contributed by atoms with van der Waals surface area (Å²) in [6.07, 6.45) is 1.05. The van der Waals surface area contributed by atoms with E-state index >= 15 is 0 Å². The van der Waals surface area contributed by atoms with Crippen LogP contribution in [0.1, 0.15) is 17.7 Å². The van der Waals surface area contributed by atoms with Crippen LogP contribution in [0.25, 0.3) is 0 Å². The van der Waals surface area contributed by atoms with Crippen molar-refractivity contribution in [2.75, 3.05) is 19.8 Å². The number of rotatable bonds is 4. The first-order valence-corrected chi connectivity index (χ1v) is 5.57. The fourth-order valence-corrected chi connectivity index (χ4v) is 1.79. The molecule has 0 amide bonds. The van der Waals surface area contributed by atoms with Crippen LogP contribution in [0.2, 0.25) is 0 Å². The van der Waals surface area contributed by atoms with Gasteiger partial charge in [-0.3, -0.25) is 0 Å². The minimum absolute atomic E-state index is 0.0201. The molecule has 0 aliphatic carbocycles. The molecule has 1 aromatic heterocycles. The maximum absolute atomic E-state index is 9.06. The molecular weight excluding hydrogens is 206 g/mol. The lowest BCUT2D eigenvalue weighted by atomic mass is 10.1. The lowest BCUT2D eigenvalue weighted by Gasteiger charge is -2.10. The molecule has 1 N–H and O–H groups in total. The zero-order chi connectivity index (χ0) is 11.4. The van der Waals surface area contributed by atoms with E-state index in [1.165, 1.54) is 0 Å². The monoisotopic (exact) mass is 223 g/mol. The zero-order valence-electron chi connectivity index (χ0n) is 9.48. The van der Waals surface area contributed by atoms with Crippen molar-refractivity contribution in [2.24, 2.45) is 5.92 Å². The third kappa shape index (κ3) is 2.93. The van der Waals surface area contributed by atoms with E-state index < -0.39 is 0 Å². The van der Waals surface area contributed by atoms with E-state index in [1.807, 2.05) is 13.0 Å². The molecule has 0 saturated carbocycles. The maximum atomic E-state index is 9.06. The number of aryl methyl sites for hydroxylation is 1. The van der Waals surface area contributed by atoms with Gasteiger partial charge in [-0.05, 0) is 25.0 Å². The molecule has 16 heavy (non-hydrogen) atoms. The molecule has 4 heteroatoms. The van der Waals surface area contributed by atoms with Crippen molar-refractivity contribution < 1.29 is 14.6 Å². The molecule has 2 rings (SSSR count). The average molecular weight is 223 g/mol. The number of aliphatic hydroxyl groups is 1. The standard InChI is InChI=1S/C12H17NO3/c1-9-4-11(6-14)5-12(13-9)16-8-10-2-3-15-7-10/h4-5,10,14H,2-3,6-8H2,1H3. The van der Waals surface area contributed by atoms with Gasteiger partial charge in [-0.2, -0.15) is 0 Å².